The second-order valence-corrected chi connectivity index (χ2v) is 11.1. The number of rotatable bonds is 5. The first kappa shape index (κ1) is 22.3. The van der Waals surface area contributed by atoms with Crippen LogP contribution in [-0.4, -0.2) is 46.5 Å². The number of sulfonamides is 1. The van der Waals surface area contributed by atoms with Crippen molar-refractivity contribution in [3.05, 3.63) is 76.4 Å². The Kier molecular flexibility index (Phi) is 6.13. The Hall–Kier alpha value is -2.46. The van der Waals surface area contributed by atoms with E-state index >= 15 is 0 Å². The molecular formula is C23H21BrClN5O2S. The number of halogens is 2. The van der Waals surface area contributed by atoms with Crippen LogP contribution in [0.2, 0.25) is 5.02 Å². The van der Waals surface area contributed by atoms with Crippen LogP contribution in [0.1, 0.15) is 12.8 Å². The van der Waals surface area contributed by atoms with Gasteiger partial charge in [0, 0.05) is 35.8 Å². The molecule has 0 bridgehead atoms. The highest BCUT2D eigenvalue weighted by atomic mass is 79.9. The average Bonchev–Trinajstić information content (AvgIpc) is 3.21. The fourth-order valence-corrected chi connectivity index (χ4v) is 6.11. The summed E-state index contributed by atoms with van der Waals surface area (Å²) in [7, 11) is -3.48. The minimum absolute atomic E-state index is 0.0971. The van der Waals surface area contributed by atoms with Gasteiger partial charge in [0.05, 0.1) is 21.3 Å². The van der Waals surface area contributed by atoms with Crippen molar-refractivity contribution < 1.29 is 8.42 Å². The molecule has 3 heterocycles. The predicted octanol–water partition coefficient (Wildman–Crippen LogP) is 5.08. The Balaban J connectivity index is 1.39. The van der Waals surface area contributed by atoms with Gasteiger partial charge >= 0.3 is 0 Å². The number of benzene rings is 2. The third-order valence-corrected chi connectivity index (χ3v) is 8.57. The average molecular weight is 547 g/mol. The Morgan fingerprint density at radius 2 is 1.73 bits per heavy atom. The largest absolute Gasteiger partial charge is 0.367 e. The van der Waals surface area contributed by atoms with Gasteiger partial charge in [-0.25, -0.2) is 13.4 Å². The van der Waals surface area contributed by atoms with Crippen molar-refractivity contribution in [2.24, 2.45) is 0 Å². The Bertz CT molecular complexity index is 1400. The molecule has 2 aromatic carbocycles. The highest BCUT2D eigenvalue weighted by Gasteiger charge is 2.29. The van der Waals surface area contributed by atoms with Gasteiger partial charge in [-0.2, -0.15) is 13.9 Å². The van der Waals surface area contributed by atoms with Crippen LogP contribution in [0.15, 0.2) is 76.2 Å². The van der Waals surface area contributed by atoms with E-state index < -0.39 is 10.0 Å². The summed E-state index contributed by atoms with van der Waals surface area (Å²) < 4.78 is 29.9. The SMILES string of the molecule is O=S(=O)(c1ccccc1)N1CCC(Nc2cc(-c3ccccc3Cl)nc3c(Br)cnn23)CC1. The first-order chi connectivity index (χ1) is 15.9. The molecule has 1 fully saturated rings. The van der Waals surface area contributed by atoms with Crippen molar-refractivity contribution in [1.29, 1.82) is 0 Å². The molecule has 1 saturated heterocycles. The minimum atomic E-state index is -3.48. The first-order valence-electron chi connectivity index (χ1n) is 10.5. The first-order valence-corrected chi connectivity index (χ1v) is 13.2. The summed E-state index contributed by atoms with van der Waals surface area (Å²) in [5.41, 5.74) is 2.25. The third-order valence-electron chi connectivity index (χ3n) is 5.77. The van der Waals surface area contributed by atoms with Crippen molar-refractivity contribution in [1.82, 2.24) is 18.9 Å². The second kappa shape index (κ2) is 9.06. The van der Waals surface area contributed by atoms with Crippen LogP contribution < -0.4 is 5.32 Å². The smallest absolute Gasteiger partial charge is 0.243 e. The molecule has 0 radical (unpaired) electrons. The zero-order chi connectivity index (χ0) is 23.0. The van der Waals surface area contributed by atoms with Gasteiger partial charge in [0.15, 0.2) is 5.65 Å². The van der Waals surface area contributed by atoms with Gasteiger partial charge in [-0.3, -0.25) is 0 Å². The zero-order valence-electron chi connectivity index (χ0n) is 17.5. The van der Waals surface area contributed by atoms with Gasteiger partial charge in [0.1, 0.15) is 5.82 Å². The molecule has 0 unspecified atom stereocenters. The molecule has 0 spiro atoms. The van der Waals surface area contributed by atoms with Crippen LogP contribution in [0.5, 0.6) is 0 Å². The molecule has 1 aliphatic heterocycles. The van der Waals surface area contributed by atoms with E-state index in [4.69, 9.17) is 16.6 Å². The fourth-order valence-electron chi connectivity index (χ4n) is 4.04. The van der Waals surface area contributed by atoms with Gasteiger partial charge in [0.25, 0.3) is 0 Å². The van der Waals surface area contributed by atoms with E-state index in [9.17, 15) is 8.42 Å². The second-order valence-electron chi connectivity index (χ2n) is 7.87. The normalized spacial score (nSPS) is 15.7. The van der Waals surface area contributed by atoms with E-state index in [2.05, 4.69) is 26.3 Å². The van der Waals surface area contributed by atoms with Crippen molar-refractivity contribution >= 4 is 49.0 Å². The topological polar surface area (TPSA) is 79.6 Å². The molecule has 0 saturated carbocycles. The summed E-state index contributed by atoms with van der Waals surface area (Å²) in [6, 6.07) is 18.2. The van der Waals surface area contributed by atoms with Gasteiger partial charge in [-0.15, -0.1) is 0 Å². The number of nitrogens with one attached hydrogen (secondary N) is 1. The summed E-state index contributed by atoms with van der Waals surface area (Å²) >= 11 is 9.94. The molecule has 0 aliphatic carbocycles. The summed E-state index contributed by atoms with van der Waals surface area (Å²) in [6.07, 6.45) is 3.07. The summed E-state index contributed by atoms with van der Waals surface area (Å²) in [6.45, 7) is 0.895. The monoisotopic (exact) mass is 545 g/mol. The summed E-state index contributed by atoms with van der Waals surface area (Å²) in [5.74, 6) is 0.782. The maximum atomic E-state index is 12.9. The minimum Gasteiger partial charge on any atom is -0.367 e. The van der Waals surface area contributed by atoms with Crippen LogP contribution in [0.3, 0.4) is 0 Å². The van der Waals surface area contributed by atoms with Crippen LogP contribution in [0.4, 0.5) is 5.82 Å². The van der Waals surface area contributed by atoms with Crippen molar-refractivity contribution in [3.8, 4) is 11.3 Å². The Labute approximate surface area is 205 Å². The van der Waals surface area contributed by atoms with Crippen molar-refractivity contribution in [2.45, 2.75) is 23.8 Å². The van der Waals surface area contributed by atoms with Crippen molar-refractivity contribution in [3.63, 3.8) is 0 Å². The number of nitrogens with zero attached hydrogens (tertiary/aromatic N) is 4. The highest BCUT2D eigenvalue weighted by Crippen LogP contribution is 2.31. The lowest BCUT2D eigenvalue weighted by Gasteiger charge is -2.32. The lowest BCUT2D eigenvalue weighted by molar-refractivity contribution is 0.329. The highest BCUT2D eigenvalue weighted by molar-refractivity contribution is 9.10. The van der Waals surface area contributed by atoms with Crippen LogP contribution >= 0.6 is 27.5 Å². The molecule has 0 atom stereocenters. The summed E-state index contributed by atoms with van der Waals surface area (Å²) in [4.78, 5) is 5.07. The summed E-state index contributed by atoms with van der Waals surface area (Å²) in [5, 5.41) is 8.61. The van der Waals surface area contributed by atoms with E-state index in [-0.39, 0.29) is 6.04 Å². The van der Waals surface area contributed by atoms with Gasteiger partial charge in [-0.1, -0.05) is 48.0 Å². The number of aromatic nitrogens is 3. The third kappa shape index (κ3) is 4.38. The standard InChI is InChI=1S/C23H21BrClN5O2S/c24-19-15-26-30-22(14-21(28-23(19)30)18-8-4-5-9-20(18)25)27-16-10-12-29(13-11-16)33(31,32)17-6-2-1-3-7-17/h1-9,14-16,27H,10-13H2. The number of hydrogen-bond donors (Lipinski definition) is 1. The molecule has 4 aromatic rings. The molecule has 170 valence electrons. The molecule has 2 aromatic heterocycles. The van der Waals surface area contributed by atoms with Gasteiger partial charge < -0.3 is 5.32 Å². The maximum Gasteiger partial charge on any atom is 0.243 e. The predicted molar refractivity (Wildman–Crippen MR) is 133 cm³/mol. The number of fused-ring (bicyclic) bond motifs is 1. The number of hydrogen-bond acceptors (Lipinski definition) is 5. The fraction of sp³-hybridized carbons (Fsp3) is 0.217. The van der Waals surface area contributed by atoms with E-state index in [1.165, 1.54) is 0 Å². The molecule has 1 aliphatic rings. The van der Waals surface area contributed by atoms with E-state index in [1.54, 1.807) is 39.3 Å². The lowest BCUT2D eigenvalue weighted by atomic mass is 10.1. The molecule has 10 heteroatoms. The van der Waals surface area contributed by atoms with Crippen LogP contribution in [-0.2, 0) is 10.0 Å². The molecule has 33 heavy (non-hydrogen) atoms. The van der Waals surface area contributed by atoms with E-state index in [1.807, 2.05) is 36.4 Å². The van der Waals surface area contributed by atoms with Crippen LogP contribution in [0.25, 0.3) is 16.9 Å². The lowest BCUT2D eigenvalue weighted by Crippen LogP contribution is -2.42. The van der Waals surface area contributed by atoms with Gasteiger partial charge in [0.2, 0.25) is 10.0 Å². The molecule has 0 amide bonds. The number of piperidine rings is 1. The van der Waals surface area contributed by atoms with Crippen LogP contribution in [0, 0.1) is 0 Å². The molecule has 5 rings (SSSR count). The Morgan fingerprint density at radius 3 is 2.45 bits per heavy atom. The maximum absolute atomic E-state index is 12.9. The molecular weight excluding hydrogens is 526 g/mol. The Morgan fingerprint density at radius 1 is 1.03 bits per heavy atom. The van der Waals surface area contributed by atoms with E-state index in [0.717, 1.165) is 21.5 Å². The van der Waals surface area contributed by atoms with Crippen molar-refractivity contribution in [2.75, 3.05) is 18.4 Å². The number of anilines is 1. The molecule has 1 N–H and O–H groups in total. The van der Waals surface area contributed by atoms with E-state index in [0.29, 0.717) is 41.5 Å². The quantitative estimate of drug-likeness (QED) is 0.378. The zero-order valence-corrected chi connectivity index (χ0v) is 20.7. The van der Waals surface area contributed by atoms with Gasteiger partial charge in [-0.05, 0) is 47.0 Å². The molecule has 7 nitrogen and oxygen atoms in total.